The van der Waals surface area contributed by atoms with Gasteiger partial charge >= 0.3 is 0 Å². The van der Waals surface area contributed by atoms with Gasteiger partial charge in [0.25, 0.3) is 10.0 Å². The lowest BCUT2D eigenvalue weighted by atomic mass is 10.0. The molecule has 5 nitrogen and oxygen atoms in total. The number of hydrogen-bond donors (Lipinski definition) is 1. The quantitative estimate of drug-likeness (QED) is 0.821. The van der Waals surface area contributed by atoms with E-state index in [9.17, 15) is 8.42 Å². The van der Waals surface area contributed by atoms with Crippen molar-refractivity contribution in [2.45, 2.75) is 24.7 Å². The minimum Gasteiger partial charge on any atom is -0.369 e. The Hall–Kier alpha value is -1.56. The number of nitrogens with zero attached hydrogens (tertiary/aromatic N) is 2. The van der Waals surface area contributed by atoms with Crippen LogP contribution in [0, 0.1) is 0 Å². The van der Waals surface area contributed by atoms with Crippen molar-refractivity contribution >= 4 is 21.7 Å². The van der Waals surface area contributed by atoms with Gasteiger partial charge in [0.05, 0.1) is 5.69 Å². The largest absolute Gasteiger partial charge is 0.369 e. The van der Waals surface area contributed by atoms with Crippen LogP contribution < -0.4 is 5.73 Å². The Morgan fingerprint density at radius 2 is 2.00 bits per heavy atom. The second kappa shape index (κ2) is 3.73. The molecule has 0 spiro atoms. The fraction of sp³-hybridized carbons (Fsp3) is 0.364. The van der Waals surface area contributed by atoms with Crippen LogP contribution in [-0.4, -0.2) is 25.7 Å². The zero-order valence-corrected chi connectivity index (χ0v) is 10.8. The fourth-order valence-electron chi connectivity index (χ4n) is 1.66. The topological polar surface area (TPSA) is 75.8 Å². The molecule has 2 N–H and O–H groups in total. The van der Waals surface area contributed by atoms with E-state index in [0.717, 1.165) is 9.87 Å². The smallest absolute Gasteiger partial charge is 0.268 e. The first-order valence-electron chi connectivity index (χ1n) is 5.31. The van der Waals surface area contributed by atoms with Crippen molar-refractivity contribution in [3.05, 3.63) is 23.8 Å². The molecule has 0 amide bonds. The minimum absolute atomic E-state index is 0.00148. The molecule has 1 heterocycles. The molecule has 0 radical (unpaired) electrons. The van der Waals surface area contributed by atoms with E-state index in [1.54, 1.807) is 12.1 Å². The van der Waals surface area contributed by atoms with Gasteiger partial charge in [0.15, 0.2) is 0 Å². The third-order valence-electron chi connectivity index (χ3n) is 2.85. The van der Waals surface area contributed by atoms with E-state index in [1.165, 1.54) is 7.05 Å². The van der Waals surface area contributed by atoms with Crippen molar-refractivity contribution < 1.29 is 8.42 Å². The van der Waals surface area contributed by atoms with Crippen LogP contribution in [0.15, 0.2) is 28.1 Å². The predicted octanol–water partition coefficient (Wildman–Crippen LogP) is 1.39. The SMILES string of the molecule is CC(C)c1ccc2c(c1)N=C(N)N(C)S2(=O)=O. The van der Waals surface area contributed by atoms with Crippen LogP contribution in [0.5, 0.6) is 0 Å². The number of guanidine groups is 1. The molecule has 1 aliphatic heterocycles. The summed E-state index contributed by atoms with van der Waals surface area (Å²) in [6.45, 7) is 4.08. The number of nitrogens with two attached hydrogens (primary N) is 1. The van der Waals surface area contributed by atoms with Gasteiger partial charge < -0.3 is 5.73 Å². The molecule has 92 valence electrons. The first-order valence-corrected chi connectivity index (χ1v) is 6.75. The van der Waals surface area contributed by atoms with Gasteiger partial charge in [-0.1, -0.05) is 19.9 Å². The van der Waals surface area contributed by atoms with Gasteiger partial charge in [-0.2, -0.15) is 0 Å². The third-order valence-corrected chi connectivity index (χ3v) is 4.65. The van der Waals surface area contributed by atoms with Crippen LogP contribution in [-0.2, 0) is 10.0 Å². The monoisotopic (exact) mass is 253 g/mol. The van der Waals surface area contributed by atoms with Crippen LogP contribution in [0.25, 0.3) is 0 Å². The average molecular weight is 253 g/mol. The highest BCUT2D eigenvalue weighted by Crippen LogP contribution is 2.33. The van der Waals surface area contributed by atoms with Crippen molar-refractivity contribution in [3.63, 3.8) is 0 Å². The molecule has 0 bridgehead atoms. The van der Waals surface area contributed by atoms with Crippen LogP contribution in [0.4, 0.5) is 5.69 Å². The number of aliphatic imine (C=N–C) groups is 1. The standard InChI is InChI=1S/C11H15N3O2S/c1-7(2)8-4-5-10-9(6-8)13-11(12)14(3)17(10,15)16/h4-7H,1-3H3,(H2,12,13). The molecule has 0 unspecified atom stereocenters. The Kier molecular flexibility index (Phi) is 2.61. The average Bonchev–Trinajstić information content (AvgIpc) is 2.25. The summed E-state index contributed by atoms with van der Waals surface area (Å²) in [5, 5.41) is 0. The molecular weight excluding hydrogens is 238 g/mol. The molecule has 1 aliphatic rings. The van der Waals surface area contributed by atoms with E-state index in [0.29, 0.717) is 11.6 Å². The molecule has 0 saturated heterocycles. The first kappa shape index (κ1) is 11.9. The zero-order valence-electron chi connectivity index (χ0n) is 10.0. The van der Waals surface area contributed by atoms with Crippen molar-refractivity contribution in [1.29, 1.82) is 0 Å². The summed E-state index contributed by atoms with van der Waals surface area (Å²) in [7, 11) is -2.14. The van der Waals surface area contributed by atoms with E-state index < -0.39 is 10.0 Å². The molecule has 0 aliphatic carbocycles. The molecule has 0 atom stereocenters. The highest BCUT2D eigenvalue weighted by molar-refractivity contribution is 7.89. The highest BCUT2D eigenvalue weighted by atomic mass is 32.2. The Labute approximate surface area is 101 Å². The molecule has 1 aromatic rings. The number of rotatable bonds is 1. The Morgan fingerprint density at radius 3 is 2.59 bits per heavy atom. The lowest BCUT2D eigenvalue weighted by Gasteiger charge is -2.24. The molecule has 17 heavy (non-hydrogen) atoms. The summed E-state index contributed by atoms with van der Waals surface area (Å²) in [6, 6.07) is 5.18. The van der Waals surface area contributed by atoms with Gasteiger partial charge in [-0.05, 0) is 23.6 Å². The van der Waals surface area contributed by atoms with Crippen molar-refractivity contribution in [3.8, 4) is 0 Å². The zero-order chi connectivity index (χ0) is 12.8. The van der Waals surface area contributed by atoms with Gasteiger partial charge in [-0.15, -0.1) is 0 Å². The summed E-state index contributed by atoms with van der Waals surface area (Å²) in [5.74, 6) is 0.317. The predicted molar refractivity (Wildman–Crippen MR) is 66.8 cm³/mol. The molecule has 0 fully saturated rings. The maximum absolute atomic E-state index is 12.1. The Bertz CT molecular complexity index is 591. The molecule has 1 aromatic carbocycles. The molecule has 6 heteroatoms. The van der Waals surface area contributed by atoms with Crippen molar-refractivity contribution in [2.24, 2.45) is 10.7 Å². The maximum Gasteiger partial charge on any atom is 0.268 e. The first-order chi connectivity index (χ1) is 7.84. The second-order valence-corrected chi connectivity index (χ2v) is 6.26. The summed E-state index contributed by atoms with van der Waals surface area (Å²) in [5.41, 5.74) is 7.06. The van der Waals surface area contributed by atoms with Gasteiger partial charge in [0.2, 0.25) is 5.96 Å². The molecule has 0 aromatic heterocycles. The lowest BCUT2D eigenvalue weighted by Crippen LogP contribution is -2.40. The van der Waals surface area contributed by atoms with Crippen molar-refractivity contribution in [2.75, 3.05) is 7.05 Å². The number of hydrogen-bond acceptors (Lipinski definition) is 4. The normalized spacial score (nSPS) is 17.9. The van der Waals surface area contributed by atoms with E-state index in [2.05, 4.69) is 4.99 Å². The number of benzene rings is 1. The second-order valence-electron chi connectivity index (χ2n) is 4.32. The number of sulfonamides is 1. The van der Waals surface area contributed by atoms with Gasteiger partial charge in [-0.25, -0.2) is 17.7 Å². The van der Waals surface area contributed by atoms with Gasteiger partial charge in [0, 0.05) is 7.05 Å². The van der Waals surface area contributed by atoms with Crippen LogP contribution >= 0.6 is 0 Å². The van der Waals surface area contributed by atoms with E-state index in [-0.39, 0.29) is 10.9 Å². The third kappa shape index (κ3) is 1.78. The fourth-order valence-corrected chi connectivity index (χ4v) is 2.85. The van der Waals surface area contributed by atoms with Gasteiger partial charge in [0.1, 0.15) is 4.90 Å². The van der Waals surface area contributed by atoms with E-state index in [1.807, 2.05) is 19.9 Å². The molecular formula is C11H15N3O2S. The number of fused-ring (bicyclic) bond motifs is 1. The Morgan fingerprint density at radius 1 is 1.35 bits per heavy atom. The van der Waals surface area contributed by atoms with Crippen LogP contribution in [0.1, 0.15) is 25.3 Å². The van der Waals surface area contributed by atoms with E-state index >= 15 is 0 Å². The van der Waals surface area contributed by atoms with Gasteiger partial charge in [-0.3, -0.25) is 0 Å². The summed E-state index contributed by atoms with van der Waals surface area (Å²) in [6.07, 6.45) is 0. The van der Waals surface area contributed by atoms with Crippen LogP contribution in [0.3, 0.4) is 0 Å². The van der Waals surface area contributed by atoms with Crippen molar-refractivity contribution in [1.82, 2.24) is 4.31 Å². The molecule has 0 saturated carbocycles. The Balaban J connectivity index is 2.68. The van der Waals surface area contributed by atoms with Crippen LogP contribution in [0.2, 0.25) is 0 Å². The minimum atomic E-state index is -3.53. The maximum atomic E-state index is 12.1. The lowest BCUT2D eigenvalue weighted by molar-refractivity contribution is 0.548. The summed E-state index contributed by atoms with van der Waals surface area (Å²) in [4.78, 5) is 4.31. The molecule has 2 rings (SSSR count). The van der Waals surface area contributed by atoms with E-state index in [4.69, 9.17) is 5.73 Å². The highest BCUT2D eigenvalue weighted by Gasteiger charge is 2.30. The summed E-state index contributed by atoms with van der Waals surface area (Å²) < 4.78 is 25.1. The summed E-state index contributed by atoms with van der Waals surface area (Å²) >= 11 is 0.